The summed E-state index contributed by atoms with van der Waals surface area (Å²) in [4.78, 5) is 0. The van der Waals surface area contributed by atoms with Crippen molar-refractivity contribution in [3.63, 3.8) is 0 Å². The Kier molecular flexibility index (Phi) is 0.806. The number of rotatable bonds is 0. The fourth-order valence-electron chi connectivity index (χ4n) is 1.21. The predicted octanol–water partition coefficient (Wildman–Crippen LogP) is 0.388. The summed E-state index contributed by atoms with van der Waals surface area (Å²) in [6.45, 7) is 1.07. The highest BCUT2D eigenvalue weighted by molar-refractivity contribution is 5.48. The van der Waals surface area contributed by atoms with Crippen LogP contribution in [-0.2, 0) is 13.5 Å². The molecule has 1 aliphatic rings. The van der Waals surface area contributed by atoms with Gasteiger partial charge in [0, 0.05) is 19.2 Å². The van der Waals surface area contributed by atoms with E-state index in [2.05, 4.69) is 10.4 Å². The predicted molar refractivity (Wildman–Crippen MR) is 35.4 cm³/mol. The molecular formula is C6H9N3. The maximum absolute atomic E-state index is 4.09. The minimum absolute atomic E-state index is 1.07. The van der Waals surface area contributed by atoms with Crippen molar-refractivity contribution in [1.82, 2.24) is 9.78 Å². The summed E-state index contributed by atoms with van der Waals surface area (Å²) in [6.07, 6.45) is 3.05. The summed E-state index contributed by atoms with van der Waals surface area (Å²) in [7, 11) is 1.96. The molecule has 3 nitrogen and oxygen atoms in total. The standard InChI is InChI=1S/C6H9N3/c1-9-6-5(4-8-9)2-3-7-6/h4,7H,2-3H2,1H3. The van der Waals surface area contributed by atoms with Crippen LogP contribution in [0.25, 0.3) is 0 Å². The largest absolute Gasteiger partial charge is 0.370 e. The summed E-state index contributed by atoms with van der Waals surface area (Å²) < 4.78 is 1.88. The number of anilines is 1. The van der Waals surface area contributed by atoms with Crippen LogP contribution in [0.4, 0.5) is 5.82 Å². The number of nitrogens with zero attached hydrogens (tertiary/aromatic N) is 2. The van der Waals surface area contributed by atoms with Crippen molar-refractivity contribution in [3.05, 3.63) is 11.8 Å². The summed E-state index contributed by atoms with van der Waals surface area (Å²) in [5.74, 6) is 1.19. The second-order valence-corrected chi connectivity index (χ2v) is 2.32. The Hall–Kier alpha value is -0.990. The van der Waals surface area contributed by atoms with Gasteiger partial charge in [0.05, 0.1) is 6.20 Å². The second kappa shape index (κ2) is 1.50. The Morgan fingerprint density at radius 1 is 1.78 bits per heavy atom. The Balaban J connectivity index is 2.56. The fourth-order valence-corrected chi connectivity index (χ4v) is 1.21. The zero-order valence-electron chi connectivity index (χ0n) is 5.39. The molecule has 0 saturated heterocycles. The lowest BCUT2D eigenvalue weighted by Gasteiger charge is -1.95. The lowest BCUT2D eigenvalue weighted by atomic mass is 10.3. The van der Waals surface area contributed by atoms with E-state index in [0.717, 1.165) is 13.0 Å². The molecule has 1 N–H and O–H groups in total. The zero-order valence-corrected chi connectivity index (χ0v) is 5.39. The van der Waals surface area contributed by atoms with Crippen LogP contribution in [0.1, 0.15) is 5.56 Å². The first-order valence-corrected chi connectivity index (χ1v) is 3.12. The summed E-state index contributed by atoms with van der Waals surface area (Å²) >= 11 is 0. The van der Waals surface area contributed by atoms with E-state index in [1.165, 1.54) is 11.4 Å². The monoisotopic (exact) mass is 123 g/mol. The van der Waals surface area contributed by atoms with E-state index in [4.69, 9.17) is 0 Å². The molecule has 1 aliphatic heterocycles. The van der Waals surface area contributed by atoms with Gasteiger partial charge in [0.15, 0.2) is 0 Å². The number of aryl methyl sites for hydroxylation is 1. The van der Waals surface area contributed by atoms with Crippen LogP contribution in [0, 0.1) is 0 Å². The van der Waals surface area contributed by atoms with E-state index in [1.54, 1.807) is 0 Å². The molecule has 1 aromatic rings. The van der Waals surface area contributed by atoms with E-state index < -0.39 is 0 Å². The minimum Gasteiger partial charge on any atom is -0.370 e. The van der Waals surface area contributed by atoms with Crippen molar-refractivity contribution in [2.24, 2.45) is 7.05 Å². The van der Waals surface area contributed by atoms with Gasteiger partial charge in [-0.05, 0) is 6.42 Å². The highest BCUT2D eigenvalue weighted by Crippen LogP contribution is 2.19. The first kappa shape index (κ1) is 4.85. The molecule has 0 aromatic carbocycles. The molecule has 0 fully saturated rings. The molecular weight excluding hydrogens is 114 g/mol. The lowest BCUT2D eigenvalue weighted by molar-refractivity contribution is 0.772. The Bertz CT molecular complexity index is 226. The molecule has 9 heavy (non-hydrogen) atoms. The van der Waals surface area contributed by atoms with Gasteiger partial charge in [-0.2, -0.15) is 5.10 Å². The number of nitrogens with one attached hydrogen (secondary N) is 1. The lowest BCUT2D eigenvalue weighted by Crippen LogP contribution is -2.00. The minimum atomic E-state index is 1.07. The van der Waals surface area contributed by atoms with Crippen molar-refractivity contribution < 1.29 is 0 Å². The third-order valence-electron chi connectivity index (χ3n) is 1.70. The van der Waals surface area contributed by atoms with Gasteiger partial charge in [0.1, 0.15) is 5.82 Å². The molecule has 48 valence electrons. The molecule has 0 bridgehead atoms. The maximum atomic E-state index is 4.09. The van der Waals surface area contributed by atoms with Gasteiger partial charge < -0.3 is 5.32 Å². The van der Waals surface area contributed by atoms with E-state index >= 15 is 0 Å². The fraction of sp³-hybridized carbons (Fsp3) is 0.500. The molecule has 0 radical (unpaired) electrons. The average Bonchev–Trinajstić information content (AvgIpc) is 2.35. The van der Waals surface area contributed by atoms with Crippen LogP contribution < -0.4 is 5.32 Å². The van der Waals surface area contributed by atoms with Gasteiger partial charge in [0.2, 0.25) is 0 Å². The number of fused-ring (bicyclic) bond motifs is 1. The normalized spacial score (nSPS) is 15.2. The Morgan fingerprint density at radius 2 is 2.67 bits per heavy atom. The highest BCUT2D eigenvalue weighted by Gasteiger charge is 2.12. The topological polar surface area (TPSA) is 29.9 Å². The van der Waals surface area contributed by atoms with Crippen LogP contribution in [-0.4, -0.2) is 16.3 Å². The first-order chi connectivity index (χ1) is 4.38. The third-order valence-corrected chi connectivity index (χ3v) is 1.70. The van der Waals surface area contributed by atoms with Gasteiger partial charge in [-0.15, -0.1) is 0 Å². The van der Waals surface area contributed by atoms with Crippen LogP contribution in [0.3, 0.4) is 0 Å². The van der Waals surface area contributed by atoms with Crippen molar-refractivity contribution in [1.29, 1.82) is 0 Å². The van der Waals surface area contributed by atoms with Gasteiger partial charge >= 0.3 is 0 Å². The molecule has 3 heteroatoms. The third kappa shape index (κ3) is 0.542. The quantitative estimate of drug-likeness (QED) is 0.540. The van der Waals surface area contributed by atoms with Crippen LogP contribution >= 0.6 is 0 Å². The molecule has 1 aromatic heterocycles. The second-order valence-electron chi connectivity index (χ2n) is 2.32. The van der Waals surface area contributed by atoms with Crippen LogP contribution in [0.2, 0.25) is 0 Å². The molecule has 0 aliphatic carbocycles. The highest BCUT2D eigenvalue weighted by atomic mass is 15.3. The van der Waals surface area contributed by atoms with Crippen LogP contribution in [0.15, 0.2) is 6.20 Å². The SMILES string of the molecule is Cn1ncc2c1NCC2. The number of hydrogen-bond acceptors (Lipinski definition) is 2. The van der Waals surface area contributed by atoms with E-state index in [1.807, 2.05) is 17.9 Å². The number of aromatic nitrogens is 2. The molecule has 0 saturated carbocycles. The van der Waals surface area contributed by atoms with Gasteiger partial charge in [-0.3, -0.25) is 4.68 Å². The Morgan fingerprint density at radius 3 is 3.44 bits per heavy atom. The van der Waals surface area contributed by atoms with E-state index in [9.17, 15) is 0 Å². The molecule has 0 spiro atoms. The van der Waals surface area contributed by atoms with Gasteiger partial charge in [0.25, 0.3) is 0 Å². The van der Waals surface area contributed by atoms with Crippen molar-refractivity contribution >= 4 is 5.82 Å². The summed E-state index contributed by atoms with van der Waals surface area (Å²) in [6, 6.07) is 0. The van der Waals surface area contributed by atoms with Crippen LogP contribution in [0.5, 0.6) is 0 Å². The molecule has 2 heterocycles. The first-order valence-electron chi connectivity index (χ1n) is 3.12. The Labute approximate surface area is 53.7 Å². The zero-order chi connectivity index (χ0) is 6.27. The van der Waals surface area contributed by atoms with Crippen molar-refractivity contribution in [3.8, 4) is 0 Å². The van der Waals surface area contributed by atoms with Gasteiger partial charge in [-0.1, -0.05) is 0 Å². The van der Waals surface area contributed by atoms with Gasteiger partial charge in [-0.25, -0.2) is 0 Å². The molecule has 0 unspecified atom stereocenters. The van der Waals surface area contributed by atoms with E-state index in [-0.39, 0.29) is 0 Å². The van der Waals surface area contributed by atoms with Crippen molar-refractivity contribution in [2.45, 2.75) is 6.42 Å². The number of hydrogen-bond donors (Lipinski definition) is 1. The summed E-state index contributed by atoms with van der Waals surface area (Å²) in [5.41, 5.74) is 1.34. The average molecular weight is 123 g/mol. The molecule has 2 rings (SSSR count). The smallest absolute Gasteiger partial charge is 0.127 e. The van der Waals surface area contributed by atoms with Crippen molar-refractivity contribution in [2.75, 3.05) is 11.9 Å². The van der Waals surface area contributed by atoms with E-state index in [0.29, 0.717) is 0 Å². The summed E-state index contributed by atoms with van der Waals surface area (Å²) in [5, 5.41) is 7.34. The molecule has 0 atom stereocenters. The molecule has 0 amide bonds. The maximum Gasteiger partial charge on any atom is 0.127 e.